The van der Waals surface area contributed by atoms with E-state index in [9.17, 15) is 4.79 Å². The minimum absolute atomic E-state index is 0.349. The SMILES string of the molecule is O=C(CCC1CCCCO1)CC1CCOCC1. The van der Waals surface area contributed by atoms with Crippen molar-refractivity contribution in [2.45, 2.75) is 57.5 Å². The molecule has 2 aliphatic heterocycles. The molecule has 2 fully saturated rings. The number of rotatable bonds is 5. The standard InChI is InChI=1S/C14H24O3/c15-13(11-12-6-9-16-10-7-12)4-5-14-3-1-2-8-17-14/h12,14H,1-11H2. The largest absolute Gasteiger partial charge is 0.381 e. The van der Waals surface area contributed by atoms with Crippen molar-refractivity contribution >= 4 is 5.78 Å². The summed E-state index contributed by atoms with van der Waals surface area (Å²) in [7, 11) is 0. The Morgan fingerprint density at radius 1 is 1.06 bits per heavy atom. The normalized spacial score (nSPS) is 26.9. The van der Waals surface area contributed by atoms with E-state index in [2.05, 4.69) is 0 Å². The van der Waals surface area contributed by atoms with Crippen molar-refractivity contribution in [3.63, 3.8) is 0 Å². The number of hydrogen-bond donors (Lipinski definition) is 0. The highest BCUT2D eigenvalue weighted by atomic mass is 16.5. The zero-order valence-corrected chi connectivity index (χ0v) is 10.7. The van der Waals surface area contributed by atoms with Crippen LogP contribution in [0.1, 0.15) is 51.4 Å². The first-order chi connectivity index (χ1) is 8.34. The van der Waals surface area contributed by atoms with Crippen molar-refractivity contribution in [3.8, 4) is 0 Å². The molecule has 98 valence electrons. The summed E-state index contributed by atoms with van der Waals surface area (Å²) >= 11 is 0. The summed E-state index contributed by atoms with van der Waals surface area (Å²) in [5.41, 5.74) is 0. The van der Waals surface area contributed by atoms with E-state index >= 15 is 0 Å². The fraction of sp³-hybridized carbons (Fsp3) is 0.929. The molecule has 0 saturated carbocycles. The van der Waals surface area contributed by atoms with Gasteiger partial charge in [-0.05, 0) is 44.4 Å². The predicted octanol–water partition coefficient (Wildman–Crippen LogP) is 2.72. The highest BCUT2D eigenvalue weighted by molar-refractivity contribution is 5.78. The third-order valence-electron chi connectivity index (χ3n) is 3.88. The van der Waals surface area contributed by atoms with Gasteiger partial charge in [-0.1, -0.05) is 0 Å². The third kappa shape index (κ3) is 4.76. The number of carbonyl (C=O) groups is 1. The van der Waals surface area contributed by atoms with Crippen LogP contribution in [0.15, 0.2) is 0 Å². The fourth-order valence-electron chi connectivity index (χ4n) is 2.73. The topological polar surface area (TPSA) is 35.5 Å². The summed E-state index contributed by atoms with van der Waals surface area (Å²) in [6, 6.07) is 0. The Hall–Kier alpha value is -0.410. The van der Waals surface area contributed by atoms with E-state index in [1.165, 1.54) is 12.8 Å². The Kier molecular flexibility index (Phi) is 5.46. The molecule has 0 aromatic carbocycles. The van der Waals surface area contributed by atoms with Gasteiger partial charge in [0.15, 0.2) is 0 Å². The summed E-state index contributed by atoms with van der Waals surface area (Å²) in [5, 5.41) is 0. The second kappa shape index (κ2) is 7.12. The van der Waals surface area contributed by atoms with E-state index in [0.29, 0.717) is 24.2 Å². The quantitative estimate of drug-likeness (QED) is 0.741. The van der Waals surface area contributed by atoms with E-state index in [0.717, 1.165) is 51.9 Å². The van der Waals surface area contributed by atoms with Gasteiger partial charge in [0, 0.05) is 32.7 Å². The lowest BCUT2D eigenvalue weighted by molar-refractivity contribution is -0.121. The van der Waals surface area contributed by atoms with Crippen molar-refractivity contribution in [2.75, 3.05) is 19.8 Å². The minimum Gasteiger partial charge on any atom is -0.381 e. The molecule has 0 spiro atoms. The smallest absolute Gasteiger partial charge is 0.133 e. The van der Waals surface area contributed by atoms with Crippen LogP contribution in [0.5, 0.6) is 0 Å². The van der Waals surface area contributed by atoms with Crippen LogP contribution in [0.4, 0.5) is 0 Å². The summed E-state index contributed by atoms with van der Waals surface area (Å²) in [6.07, 6.45) is 8.47. The zero-order valence-electron chi connectivity index (χ0n) is 10.7. The molecule has 0 aromatic rings. The van der Waals surface area contributed by atoms with Crippen LogP contribution in [0.3, 0.4) is 0 Å². The van der Waals surface area contributed by atoms with Gasteiger partial charge in [-0.2, -0.15) is 0 Å². The molecule has 1 atom stereocenters. The zero-order chi connectivity index (χ0) is 11.9. The van der Waals surface area contributed by atoms with Gasteiger partial charge in [-0.25, -0.2) is 0 Å². The van der Waals surface area contributed by atoms with Crippen molar-refractivity contribution in [1.82, 2.24) is 0 Å². The molecule has 17 heavy (non-hydrogen) atoms. The molecular formula is C14H24O3. The molecular weight excluding hydrogens is 216 g/mol. The number of Topliss-reactive ketones (excluding diaryl/α,β-unsaturated/α-hetero) is 1. The minimum atomic E-state index is 0.349. The fourth-order valence-corrected chi connectivity index (χ4v) is 2.73. The molecule has 2 heterocycles. The molecule has 2 saturated heterocycles. The Bertz CT molecular complexity index is 228. The molecule has 0 amide bonds. The Morgan fingerprint density at radius 3 is 2.59 bits per heavy atom. The maximum atomic E-state index is 11.9. The molecule has 0 aliphatic carbocycles. The van der Waals surface area contributed by atoms with Gasteiger partial charge < -0.3 is 9.47 Å². The van der Waals surface area contributed by atoms with Crippen molar-refractivity contribution < 1.29 is 14.3 Å². The molecule has 0 N–H and O–H groups in total. The van der Waals surface area contributed by atoms with Crippen LogP contribution in [0.25, 0.3) is 0 Å². The maximum Gasteiger partial charge on any atom is 0.133 e. The van der Waals surface area contributed by atoms with Crippen LogP contribution in [0.2, 0.25) is 0 Å². The van der Waals surface area contributed by atoms with Gasteiger partial charge in [0.1, 0.15) is 5.78 Å². The second-order valence-corrected chi connectivity index (χ2v) is 5.33. The lowest BCUT2D eigenvalue weighted by Gasteiger charge is -2.23. The van der Waals surface area contributed by atoms with E-state index in [-0.39, 0.29) is 0 Å². The molecule has 0 aromatic heterocycles. The Morgan fingerprint density at radius 2 is 1.88 bits per heavy atom. The Balaban J connectivity index is 1.59. The van der Waals surface area contributed by atoms with Gasteiger partial charge >= 0.3 is 0 Å². The average Bonchev–Trinajstić information content (AvgIpc) is 2.39. The van der Waals surface area contributed by atoms with E-state index in [1.54, 1.807) is 0 Å². The van der Waals surface area contributed by atoms with E-state index in [4.69, 9.17) is 9.47 Å². The molecule has 3 heteroatoms. The summed E-state index contributed by atoms with van der Waals surface area (Å²) in [6.45, 7) is 2.56. The predicted molar refractivity (Wildman–Crippen MR) is 66.0 cm³/mol. The first-order valence-electron chi connectivity index (χ1n) is 7.05. The lowest BCUT2D eigenvalue weighted by atomic mass is 9.92. The van der Waals surface area contributed by atoms with Gasteiger partial charge in [0.05, 0.1) is 6.10 Å². The van der Waals surface area contributed by atoms with Crippen LogP contribution in [0, 0.1) is 5.92 Å². The molecule has 2 aliphatic rings. The van der Waals surface area contributed by atoms with Gasteiger partial charge in [-0.15, -0.1) is 0 Å². The summed E-state index contributed by atoms with van der Waals surface area (Å²) < 4.78 is 11.0. The molecule has 2 rings (SSSR count). The van der Waals surface area contributed by atoms with Crippen LogP contribution >= 0.6 is 0 Å². The number of ether oxygens (including phenoxy) is 2. The Labute approximate surface area is 104 Å². The van der Waals surface area contributed by atoms with E-state index < -0.39 is 0 Å². The first kappa shape index (κ1) is 13.0. The van der Waals surface area contributed by atoms with Crippen molar-refractivity contribution in [2.24, 2.45) is 5.92 Å². The first-order valence-corrected chi connectivity index (χ1v) is 7.05. The molecule has 0 radical (unpaired) electrons. The highest BCUT2D eigenvalue weighted by Crippen LogP contribution is 2.21. The number of ketones is 1. The van der Waals surface area contributed by atoms with Gasteiger partial charge in [0.25, 0.3) is 0 Å². The summed E-state index contributed by atoms with van der Waals surface area (Å²) in [4.78, 5) is 11.9. The average molecular weight is 240 g/mol. The van der Waals surface area contributed by atoms with Crippen LogP contribution in [-0.2, 0) is 14.3 Å². The number of hydrogen-bond acceptors (Lipinski definition) is 3. The maximum absolute atomic E-state index is 11.9. The van der Waals surface area contributed by atoms with Gasteiger partial charge in [0.2, 0.25) is 0 Å². The lowest BCUT2D eigenvalue weighted by Crippen LogP contribution is -2.22. The molecule has 0 bridgehead atoms. The third-order valence-corrected chi connectivity index (χ3v) is 3.88. The molecule has 1 unspecified atom stereocenters. The van der Waals surface area contributed by atoms with Crippen molar-refractivity contribution in [1.29, 1.82) is 0 Å². The monoisotopic (exact) mass is 240 g/mol. The van der Waals surface area contributed by atoms with Gasteiger partial charge in [-0.3, -0.25) is 4.79 Å². The molecule has 3 nitrogen and oxygen atoms in total. The number of carbonyl (C=O) groups excluding carboxylic acids is 1. The highest BCUT2D eigenvalue weighted by Gasteiger charge is 2.19. The van der Waals surface area contributed by atoms with Crippen LogP contribution < -0.4 is 0 Å². The van der Waals surface area contributed by atoms with Crippen LogP contribution in [-0.4, -0.2) is 31.7 Å². The summed E-state index contributed by atoms with van der Waals surface area (Å²) in [5.74, 6) is 0.995. The second-order valence-electron chi connectivity index (χ2n) is 5.33. The van der Waals surface area contributed by atoms with E-state index in [1.807, 2.05) is 0 Å². The van der Waals surface area contributed by atoms with Crippen molar-refractivity contribution in [3.05, 3.63) is 0 Å².